The lowest BCUT2D eigenvalue weighted by atomic mass is 9.96. The molecule has 3 nitrogen and oxygen atoms in total. The minimum Gasteiger partial charge on any atom is -0.291 e. The fraction of sp³-hybridized carbons (Fsp3) is 0.455. The molecule has 28 heavy (non-hydrogen) atoms. The van der Waals surface area contributed by atoms with E-state index in [1.165, 1.54) is 10.5 Å². The van der Waals surface area contributed by atoms with E-state index in [4.69, 9.17) is 11.6 Å². The van der Waals surface area contributed by atoms with Crippen molar-refractivity contribution in [3.05, 3.63) is 57.3 Å². The molecule has 6 heteroatoms. The van der Waals surface area contributed by atoms with Gasteiger partial charge in [-0.15, -0.1) is 11.6 Å². The second-order valence-corrected chi connectivity index (χ2v) is 7.91. The van der Waals surface area contributed by atoms with Crippen molar-refractivity contribution in [2.24, 2.45) is 0 Å². The number of halogens is 3. The van der Waals surface area contributed by atoms with Gasteiger partial charge in [-0.1, -0.05) is 6.07 Å². The molecule has 1 amide bonds. The number of alkyl halides is 1. The highest BCUT2D eigenvalue weighted by Crippen LogP contribution is 2.34. The number of fused-ring (bicyclic) bond motifs is 2. The number of nitrogens with zero attached hydrogens (tertiary/aromatic N) is 2. The van der Waals surface area contributed by atoms with Crippen molar-refractivity contribution in [2.75, 3.05) is 10.8 Å². The van der Waals surface area contributed by atoms with Gasteiger partial charge in [0.15, 0.2) is 11.6 Å². The zero-order chi connectivity index (χ0) is 19.8. The van der Waals surface area contributed by atoms with E-state index >= 15 is 0 Å². The van der Waals surface area contributed by atoms with Gasteiger partial charge in [-0.3, -0.25) is 9.69 Å². The molecule has 1 aromatic heterocycles. The van der Waals surface area contributed by atoms with Gasteiger partial charge in [0.1, 0.15) is 11.7 Å². The summed E-state index contributed by atoms with van der Waals surface area (Å²) in [6, 6.07) is 3.77. The number of aryl methyl sites for hydroxylation is 2. The van der Waals surface area contributed by atoms with E-state index < -0.39 is 11.6 Å². The van der Waals surface area contributed by atoms with Gasteiger partial charge in [-0.05, 0) is 80.2 Å². The van der Waals surface area contributed by atoms with Gasteiger partial charge in [0.25, 0.3) is 0 Å². The maximum Gasteiger partial charge on any atom is 0.243 e. The van der Waals surface area contributed by atoms with E-state index in [0.717, 1.165) is 55.3 Å². The molecule has 0 atom stereocenters. The average molecular weight is 405 g/mol. The standard InChI is InChI=1S/C22H23ClF2N2O/c1-13-15-6-4-7-16(15)21(24)22(25)17(13)12-27(20(28)11-23)19-10-9-14-5-2-3-8-18(14)26-19/h9-10H,2-8,11-12H2,1H3. The first-order valence-electron chi connectivity index (χ1n) is 9.84. The Morgan fingerprint density at radius 3 is 2.61 bits per heavy atom. The molecule has 0 N–H and O–H groups in total. The number of anilines is 1. The van der Waals surface area contributed by atoms with Crippen molar-refractivity contribution in [3.63, 3.8) is 0 Å². The Kier molecular flexibility index (Phi) is 5.37. The van der Waals surface area contributed by atoms with E-state index in [1.807, 2.05) is 13.0 Å². The number of hydrogen-bond acceptors (Lipinski definition) is 2. The monoisotopic (exact) mass is 404 g/mol. The molecule has 0 radical (unpaired) electrons. The van der Waals surface area contributed by atoms with Crippen LogP contribution in [-0.2, 0) is 37.0 Å². The molecule has 0 saturated carbocycles. The van der Waals surface area contributed by atoms with Crippen LogP contribution in [0.15, 0.2) is 12.1 Å². The van der Waals surface area contributed by atoms with Gasteiger partial charge in [0, 0.05) is 11.3 Å². The SMILES string of the molecule is Cc1c(CN(C(=O)CCl)c2ccc3c(n2)CCCC3)c(F)c(F)c2c1CCC2. The van der Waals surface area contributed by atoms with Crippen LogP contribution >= 0.6 is 11.6 Å². The molecule has 0 bridgehead atoms. The Morgan fingerprint density at radius 2 is 1.82 bits per heavy atom. The number of benzene rings is 1. The molecular formula is C22H23ClF2N2O. The Hall–Kier alpha value is -2.01. The maximum absolute atomic E-state index is 14.9. The van der Waals surface area contributed by atoms with Crippen LogP contribution in [-0.4, -0.2) is 16.8 Å². The number of carbonyl (C=O) groups is 1. The molecule has 1 heterocycles. The van der Waals surface area contributed by atoms with Crippen molar-refractivity contribution in [1.29, 1.82) is 0 Å². The van der Waals surface area contributed by atoms with Gasteiger partial charge in [0.2, 0.25) is 5.91 Å². The molecule has 0 aliphatic heterocycles. The van der Waals surface area contributed by atoms with Crippen molar-refractivity contribution in [3.8, 4) is 0 Å². The normalized spacial score (nSPS) is 15.3. The summed E-state index contributed by atoms with van der Waals surface area (Å²) >= 11 is 5.82. The summed E-state index contributed by atoms with van der Waals surface area (Å²) in [4.78, 5) is 18.6. The summed E-state index contributed by atoms with van der Waals surface area (Å²) in [6.07, 6.45) is 6.19. The number of amides is 1. The summed E-state index contributed by atoms with van der Waals surface area (Å²) in [6.45, 7) is 1.74. The lowest BCUT2D eigenvalue weighted by Crippen LogP contribution is -2.33. The number of hydrogen-bond donors (Lipinski definition) is 0. The summed E-state index contributed by atoms with van der Waals surface area (Å²) in [5.74, 6) is -1.80. The van der Waals surface area contributed by atoms with Gasteiger partial charge in [-0.25, -0.2) is 13.8 Å². The summed E-state index contributed by atoms with van der Waals surface area (Å²) in [5.41, 5.74) is 4.49. The predicted octanol–water partition coefficient (Wildman–Crippen LogP) is 4.81. The topological polar surface area (TPSA) is 33.2 Å². The highest BCUT2D eigenvalue weighted by atomic mass is 35.5. The first kappa shape index (κ1) is 19.3. The van der Waals surface area contributed by atoms with E-state index in [1.54, 1.807) is 6.07 Å². The lowest BCUT2D eigenvalue weighted by molar-refractivity contribution is -0.116. The third kappa shape index (κ3) is 3.30. The third-order valence-corrected chi connectivity index (χ3v) is 6.25. The molecular weight excluding hydrogens is 382 g/mol. The fourth-order valence-corrected chi connectivity index (χ4v) is 4.59. The van der Waals surface area contributed by atoms with Crippen molar-refractivity contribution in [2.45, 2.75) is 58.4 Å². The quantitative estimate of drug-likeness (QED) is 0.685. The second-order valence-electron chi connectivity index (χ2n) is 7.64. The van der Waals surface area contributed by atoms with Crippen LogP contribution in [0.5, 0.6) is 0 Å². The first-order valence-corrected chi connectivity index (χ1v) is 10.4. The average Bonchev–Trinajstić information content (AvgIpc) is 3.22. The van der Waals surface area contributed by atoms with Crippen LogP contribution in [0.3, 0.4) is 0 Å². The molecule has 148 valence electrons. The van der Waals surface area contributed by atoms with Gasteiger partial charge >= 0.3 is 0 Å². The minimum atomic E-state index is -0.858. The van der Waals surface area contributed by atoms with Gasteiger partial charge in [-0.2, -0.15) is 0 Å². The van der Waals surface area contributed by atoms with Gasteiger partial charge in [0.05, 0.1) is 6.54 Å². The summed E-state index contributed by atoms with van der Waals surface area (Å²) in [7, 11) is 0. The molecule has 2 aromatic rings. The van der Waals surface area contributed by atoms with Crippen molar-refractivity contribution < 1.29 is 13.6 Å². The van der Waals surface area contributed by atoms with E-state index in [9.17, 15) is 13.6 Å². The van der Waals surface area contributed by atoms with Crippen LogP contribution in [0.4, 0.5) is 14.6 Å². The Bertz CT molecular complexity index is 945. The Balaban J connectivity index is 1.75. The van der Waals surface area contributed by atoms with E-state index in [0.29, 0.717) is 17.8 Å². The highest BCUT2D eigenvalue weighted by Gasteiger charge is 2.28. The molecule has 0 unspecified atom stereocenters. The minimum absolute atomic E-state index is 0.0702. The van der Waals surface area contributed by atoms with Crippen LogP contribution in [0.25, 0.3) is 0 Å². The van der Waals surface area contributed by atoms with E-state index in [-0.39, 0.29) is 23.9 Å². The largest absolute Gasteiger partial charge is 0.291 e. The maximum atomic E-state index is 14.9. The number of carbonyl (C=O) groups excluding carboxylic acids is 1. The number of pyridine rings is 1. The van der Waals surface area contributed by atoms with Crippen LogP contribution < -0.4 is 4.90 Å². The molecule has 0 spiro atoms. The highest BCUT2D eigenvalue weighted by molar-refractivity contribution is 6.29. The first-order chi connectivity index (χ1) is 13.5. The molecule has 4 rings (SSSR count). The van der Waals surface area contributed by atoms with Crippen LogP contribution in [0.2, 0.25) is 0 Å². The Labute approximate surface area is 168 Å². The molecule has 0 saturated heterocycles. The van der Waals surface area contributed by atoms with Crippen molar-refractivity contribution >= 4 is 23.3 Å². The predicted molar refractivity (Wildman–Crippen MR) is 106 cm³/mol. The van der Waals surface area contributed by atoms with Crippen LogP contribution in [0.1, 0.15) is 52.8 Å². The zero-order valence-corrected chi connectivity index (χ0v) is 16.7. The molecule has 2 aliphatic rings. The number of rotatable bonds is 4. The second kappa shape index (κ2) is 7.78. The number of aromatic nitrogens is 1. The third-order valence-electron chi connectivity index (χ3n) is 6.02. The molecule has 2 aliphatic carbocycles. The molecule has 1 aromatic carbocycles. The van der Waals surface area contributed by atoms with E-state index in [2.05, 4.69) is 4.98 Å². The summed E-state index contributed by atoms with van der Waals surface area (Å²) < 4.78 is 29.5. The Morgan fingerprint density at radius 1 is 1.07 bits per heavy atom. The van der Waals surface area contributed by atoms with Crippen molar-refractivity contribution in [1.82, 2.24) is 4.98 Å². The van der Waals surface area contributed by atoms with Gasteiger partial charge < -0.3 is 0 Å². The van der Waals surface area contributed by atoms with Crippen LogP contribution in [0, 0.1) is 18.6 Å². The lowest BCUT2D eigenvalue weighted by Gasteiger charge is -2.25. The fourth-order valence-electron chi connectivity index (χ4n) is 4.45. The zero-order valence-electron chi connectivity index (χ0n) is 16.0. The molecule has 0 fully saturated rings. The summed E-state index contributed by atoms with van der Waals surface area (Å²) in [5, 5.41) is 0. The smallest absolute Gasteiger partial charge is 0.243 e.